The zero-order valence-electron chi connectivity index (χ0n) is 11.5. The van der Waals surface area contributed by atoms with E-state index in [1.165, 1.54) is 11.3 Å². The molecule has 1 aromatic heterocycles. The highest BCUT2D eigenvalue weighted by molar-refractivity contribution is 7.14. The number of hydrogen-bond donors (Lipinski definition) is 2. The Balaban J connectivity index is 2.19. The Morgan fingerprint density at radius 2 is 1.90 bits per heavy atom. The van der Waals surface area contributed by atoms with E-state index >= 15 is 0 Å². The smallest absolute Gasteiger partial charge is 0.265 e. The number of rotatable bonds is 4. The van der Waals surface area contributed by atoms with Crippen molar-refractivity contribution < 1.29 is 14.3 Å². The van der Waals surface area contributed by atoms with E-state index in [1.807, 2.05) is 6.92 Å². The first kappa shape index (κ1) is 14.2. The first-order chi connectivity index (χ1) is 9.55. The van der Waals surface area contributed by atoms with Gasteiger partial charge in [-0.1, -0.05) is 0 Å². The van der Waals surface area contributed by atoms with E-state index in [9.17, 15) is 4.79 Å². The van der Waals surface area contributed by atoms with Gasteiger partial charge in [-0.15, -0.1) is 11.3 Å². The van der Waals surface area contributed by atoms with E-state index in [0.717, 1.165) is 4.88 Å². The minimum Gasteiger partial charge on any atom is -0.493 e. The summed E-state index contributed by atoms with van der Waals surface area (Å²) in [6.07, 6.45) is 0. The molecule has 106 valence electrons. The highest BCUT2D eigenvalue weighted by Crippen LogP contribution is 2.30. The third kappa shape index (κ3) is 2.85. The van der Waals surface area contributed by atoms with Crippen molar-refractivity contribution in [2.24, 2.45) is 0 Å². The van der Waals surface area contributed by atoms with Crippen LogP contribution in [0.2, 0.25) is 0 Å². The number of thiophene rings is 1. The molecule has 0 atom stereocenters. The highest BCUT2D eigenvalue weighted by atomic mass is 32.1. The Morgan fingerprint density at radius 3 is 2.45 bits per heavy atom. The molecule has 0 unspecified atom stereocenters. The van der Waals surface area contributed by atoms with Gasteiger partial charge in [0.2, 0.25) is 0 Å². The Hall–Kier alpha value is -2.21. The van der Waals surface area contributed by atoms with Gasteiger partial charge in [0.1, 0.15) is 0 Å². The van der Waals surface area contributed by atoms with Crippen molar-refractivity contribution >= 4 is 28.6 Å². The first-order valence-corrected chi connectivity index (χ1v) is 6.76. The van der Waals surface area contributed by atoms with Gasteiger partial charge in [0.25, 0.3) is 5.91 Å². The largest absolute Gasteiger partial charge is 0.493 e. The van der Waals surface area contributed by atoms with Crippen LogP contribution in [0, 0.1) is 6.92 Å². The molecule has 1 heterocycles. The number of nitrogen functional groups attached to an aromatic ring is 1. The maximum atomic E-state index is 12.1. The summed E-state index contributed by atoms with van der Waals surface area (Å²) in [5, 5.41) is 2.81. The topological polar surface area (TPSA) is 73.6 Å². The minimum absolute atomic E-state index is 0.193. The van der Waals surface area contributed by atoms with Crippen molar-refractivity contribution in [2.75, 3.05) is 25.3 Å². The van der Waals surface area contributed by atoms with Crippen LogP contribution in [-0.4, -0.2) is 20.1 Å². The summed E-state index contributed by atoms with van der Waals surface area (Å²) in [5.74, 6) is 0.982. The van der Waals surface area contributed by atoms with E-state index in [2.05, 4.69) is 5.32 Å². The fourth-order valence-corrected chi connectivity index (χ4v) is 2.55. The molecule has 3 N–H and O–H groups in total. The SMILES string of the molecule is COc1ccc(NC(=O)c2cc(N)c(C)s2)cc1OC. The van der Waals surface area contributed by atoms with Crippen molar-refractivity contribution in [1.29, 1.82) is 0 Å². The van der Waals surface area contributed by atoms with Gasteiger partial charge in [-0.2, -0.15) is 0 Å². The number of methoxy groups -OCH3 is 2. The summed E-state index contributed by atoms with van der Waals surface area (Å²) in [5.41, 5.74) is 7.02. The molecule has 6 heteroatoms. The van der Waals surface area contributed by atoms with Crippen molar-refractivity contribution in [3.8, 4) is 11.5 Å². The molecule has 0 aliphatic rings. The second-order valence-corrected chi connectivity index (χ2v) is 5.40. The predicted molar refractivity (Wildman–Crippen MR) is 81.0 cm³/mol. The zero-order chi connectivity index (χ0) is 14.7. The second-order valence-electron chi connectivity index (χ2n) is 4.15. The Morgan fingerprint density at radius 1 is 1.20 bits per heavy atom. The fourth-order valence-electron chi connectivity index (χ4n) is 1.71. The Bertz CT molecular complexity index is 618. The lowest BCUT2D eigenvalue weighted by Gasteiger charge is -2.10. The number of nitrogens with one attached hydrogen (secondary N) is 1. The van der Waals surface area contributed by atoms with Gasteiger partial charge in [-0.05, 0) is 25.1 Å². The number of benzene rings is 1. The molecule has 1 aromatic carbocycles. The lowest BCUT2D eigenvalue weighted by molar-refractivity contribution is 0.103. The van der Waals surface area contributed by atoms with Crippen molar-refractivity contribution in [3.63, 3.8) is 0 Å². The normalized spacial score (nSPS) is 10.2. The van der Waals surface area contributed by atoms with Crippen LogP contribution in [0.15, 0.2) is 24.3 Å². The minimum atomic E-state index is -0.193. The van der Waals surface area contributed by atoms with Crippen LogP contribution in [0.3, 0.4) is 0 Å². The van der Waals surface area contributed by atoms with Crippen LogP contribution in [0.5, 0.6) is 11.5 Å². The lowest BCUT2D eigenvalue weighted by Crippen LogP contribution is -2.10. The molecular weight excluding hydrogens is 276 g/mol. The zero-order valence-corrected chi connectivity index (χ0v) is 12.3. The quantitative estimate of drug-likeness (QED) is 0.908. The van der Waals surface area contributed by atoms with Crippen LogP contribution >= 0.6 is 11.3 Å². The van der Waals surface area contributed by atoms with Crippen molar-refractivity contribution in [3.05, 3.63) is 34.0 Å². The molecule has 0 aliphatic heterocycles. The van der Waals surface area contributed by atoms with Gasteiger partial charge < -0.3 is 20.5 Å². The van der Waals surface area contributed by atoms with E-state index < -0.39 is 0 Å². The van der Waals surface area contributed by atoms with Crippen molar-refractivity contribution in [2.45, 2.75) is 6.92 Å². The van der Waals surface area contributed by atoms with E-state index in [4.69, 9.17) is 15.2 Å². The number of ether oxygens (including phenoxy) is 2. The fraction of sp³-hybridized carbons (Fsp3) is 0.214. The standard InChI is InChI=1S/C14H16N2O3S/c1-8-10(15)7-13(20-8)14(17)16-9-4-5-11(18-2)12(6-9)19-3/h4-7H,15H2,1-3H3,(H,16,17). The monoisotopic (exact) mass is 292 g/mol. The number of aryl methyl sites for hydroxylation is 1. The van der Waals surface area contributed by atoms with Crippen molar-refractivity contribution in [1.82, 2.24) is 0 Å². The van der Waals surface area contributed by atoms with Crippen LogP contribution < -0.4 is 20.5 Å². The Kier molecular flexibility index (Phi) is 4.14. The van der Waals surface area contributed by atoms with Crippen LogP contribution in [0.25, 0.3) is 0 Å². The van der Waals surface area contributed by atoms with Gasteiger partial charge >= 0.3 is 0 Å². The summed E-state index contributed by atoms with van der Waals surface area (Å²) in [6.45, 7) is 1.88. The molecule has 20 heavy (non-hydrogen) atoms. The highest BCUT2D eigenvalue weighted by Gasteiger charge is 2.12. The van der Waals surface area contributed by atoms with Crippen LogP contribution in [0.1, 0.15) is 14.5 Å². The molecular formula is C14H16N2O3S. The van der Waals surface area contributed by atoms with E-state index in [0.29, 0.717) is 27.8 Å². The molecule has 0 fully saturated rings. The third-order valence-electron chi connectivity index (χ3n) is 2.82. The Labute approximate surface area is 121 Å². The number of carbonyl (C=O) groups is 1. The van der Waals surface area contributed by atoms with Gasteiger partial charge in [0.05, 0.1) is 19.1 Å². The molecule has 0 aliphatic carbocycles. The van der Waals surface area contributed by atoms with E-state index in [-0.39, 0.29) is 5.91 Å². The summed E-state index contributed by atoms with van der Waals surface area (Å²) in [6, 6.07) is 6.88. The van der Waals surface area contributed by atoms with Gasteiger partial charge in [0.15, 0.2) is 11.5 Å². The maximum absolute atomic E-state index is 12.1. The first-order valence-electron chi connectivity index (χ1n) is 5.94. The van der Waals surface area contributed by atoms with Gasteiger partial charge in [-0.3, -0.25) is 4.79 Å². The number of nitrogens with two attached hydrogens (primary N) is 1. The number of amides is 1. The molecule has 0 radical (unpaired) electrons. The van der Waals surface area contributed by atoms with Crippen LogP contribution in [-0.2, 0) is 0 Å². The summed E-state index contributed by atoms with van der Waals surface area (Å²) in [4.78, 5) is 13.6. The average Bonchev–Trinajstić information content (AvgIpc) is 2.78. The molecule has 0 bridgehead atoms. The second kappa shape index (κ2) is 5.83. The molecule has 5 nitrogen and oxygen atoms in total. The average molecular weight is 292 g/mol. The predicted octanol–water partition coefficient (Wildman–Crippen LogP) is 2.91. The molecule has 2 rings (SSSR count). The van der Waals surface area contributed by atoms with Crippen LogP contribution in [0.4, 0.5) is 11.4 Å². The molecule has 0 saturated carbocycles. The molecule has 0 saturated heterocycles. The summed E-state index contributed by atoms with van der Waals surface area (Å²) < 4.78 is 10.3. The summed E-state index contributed by atoms with van der Waals surface area (Å²) in [7, 11) is 3.11. The molecule has 0 spiro atoms. The molecule has 2 aromatic rings. The number of hydrogen-bond acceptors (Lipinski definition) is 5. The van der Waals surface area contributed by atoms with Gasteiger partial charge in [-0.25, -0.2) is 0 Å². The lowest BCUT2D eigenvalue weighted by atomic mass is 10.2. The summed E-state index contributed by atoms with van der Waals surface area (Å²) >= 11 is 1.37. The van der Waals surface area contributed by atoms with E-state index in [1.54, 1.807) is 38.5 Å². The maximum Gasteiger partial charge on any atom is 0.265 e. The number of anilines is 2. The van der Waals surface area contributed by atoms with Gasteiger partial charge in [0, 0.05) is 22.3 Å². The number of carbonyl (C=O) groups excluding carboxylic acids is 1. The molecule has 1 amide bonds. The third-order valence-corrected chi connectivity index (χ3v) is 3.89.